The van der Waals surface area contributed by atoms with Crippen molar-refractivity contribution in [2.45, 2.75) is 10.9 Å². The molecule has 0 radical (unpaired) electrons. The van der Waals surface area contributed by atoms with Crippen LogP contribution in [0.15, 0.2) is 23.1 Å². The van der Waals surface area contributed by atoms with Gasteiger partial charge in [0, 0.05) is 12.1 Å². The molecule has 2 N–H and O–H groups in total. The minimum absolute atomic E-state index is 0.0782. The maximum atomic E-state index is 12.4. The lowest BCUT2D eigenvalue weighted by Gasteiger charge is -2.19. The molecule has 7 heteroatoms. The average Bonchev–Trinajstić information content (AvgIpc) is 2.89. The van der Waals surface area contributed by atoms with Gasteiger partial charge in [-0.2, -0.15) is 0 Å². The van der Waals surface area contributed by atoms with Crippen molar-refractivity contribution < 1.29 is 17.9 Å². The largest absolute Gasteiger partial charge is 0.486 e. The van der Waals surface area contributed by atoms with E-state index < -0.39 is 10.0 Å². The van der Waals surface area contributed by atoms with Crippen molar-refractivity contribution in [3.8, 4) is 11.5 Å². The average molecular weight is 296 g/mol. The zero-order chi connectivity index (χ0) is 13.7. The Bertz CT molecular complexity index is 636. The lowest BCUT2D eigenvalue weighted by Crippen LogP contribution is -2.32. The molecule has 0 spiro atoms. The predicted molar refractivity (Wildman–Crippen MR) is 71.4 cm³/mol. The fourth-order valence-corrected chi connectivity index (χ4v) is 4.38. The van der Waals surface area contributed by atoms with Crippen LogP contribution in [0.5, 0.6) is 11.5 Å². The molecule has 20 heavy (non-hydrogen) atoms. The standard InChI is InChI=1S/C13H16N2O4S/c16-20(17,15-13-9-6-14-7-10(9)13)8-1-2-11-12(5-8)19-4-3-18-11/h1-2,5,9-10,13-15H,3-4,6-7H2. The van der Waals surface area contributed by atoms with Gasteiger partial charge in [0.2, 0.25) is 10.0 Å². The first-order valence-electron chi connectivity index (χ1n) is 6.78. The lowest BCUT2D eigenvalue weighted by molar-refractivity contribution is 0.171. The molecule has 2 atom stereocenters. The fraction of sp³-hybridized carbons (Fsp3) is 0.538. The summed E-state index contributed by atoms with van der Waals surface area (Å²) in [5, 5.41) is 3.25. The molecule has 1 saturated carbocycles. The van der Waals surface area contributed by atoms with Gasteiger partial charge in [0.1, 0.15) is 13.2 Å². The maximum absolute atomic E-state index is 12.4. The molecule has 1 aromatic carbocycles. The number of piperidine rings is 1. The first-order valence-corrected chi connectivity index (χ1v) is 8.26. The molecule has 2 fully saturated rings. The van der Waals surface area contributed by atoms with Crippen LogP contribution >= 0.6 is 0 Å². The van der Waals surface area contributed by atoms with Gasteiger partial charge in [0.05, 0.1) is 4.90 Å². The maximum Gasteiger partial charge on any atom is 0.240 e. The van der Waals surface area contributed by atoms with Gasteiger partial charge in [-0.25, -0.2) is 13.1 Å². The molecule has 0 bridgehead atoms. The highest BCUT2D eigenvalue weighted by Crippen LogP contribution is 2.42. The normalized spacial score (nSPS) is 30.9. The zero-order valence-electron chi connectivity index (χ0n) is 10.8. The van der Waals surface area contributed by atoms with Gasteiger partial charge in [0.25, 0.3) is 0 Å². The van der Waals surface area contributed by atoms with E-state index in [0.717, 1.165) is 13.1 Å². The van der Waals surface area contributed by atoms with Crippen molar-refractivity contribution in [3.63, 3.8) is 0 Å². The van der Waals surface area contributed by atoms with Crippen molar-refractivity contribution in [3.05, 3.63) is 18.2 Å². The van der Waals surface area contributed by atoms with E-state index in [9.17, 15) is 8.42 Å². The highest BCUT2D eigenvalue weighted by Gasteiger charge is 2.54. The molecule has 2 unspecified atom stereocenters. The topological polar surface area (TPSA) is 76.7 Å². The van der Waals surface area contributed by atoms with Crippen molar-refractivity contribution >= 4 is 10.0 Å². The summed E-state index contributed by atoms with van der Waals surface area (Å²) in [5.41, 5.74) is 0. The second kappa shape index (κ2) is 4.34. The van der Waals surface area contributed by atoms with Gasteiger partial charge in [-0.05, 0) is 37.1 Å². The Balaban J connectivity index is 1.56. The number of fused-ring (bicyclic) bond motifs is 2. The molecule has 0 amide bonds. The third-order valence-corrected chi connectivity index (χ3v) is 5.66. The summed E-state index contributed by atoms with van der Waals surface area (Å²) in [6.45, 7) is 2.75. The summed E-state index contributed by atoms with van der Waals surface area (Å²) in [5.74, 6) is 1.99. The molecule has 1 saturated heterocycles. The van der Waals surface area contributed by atoms with Crippen LogP contribution in [0.1, 0.15) is 0 Å². The molecule has 6 nitrogen and oxygen atoms in total. The van der Waals surface area contributed by atoms with Gasteiger partial charge in [-0.1, -0.05) is 0 Å². The summed E-state index contributed by atoms with van der Waals surface area (Å²) < 4.78 is 38.4. The Labute approximate surface area is 117 Å². The predicted octanol–water partition coefficient (Wildman–Crippen LogP) is -0.0461. The van der Waals surface area contributed by atoms with Crippen LogP contribution in [0.2, 0.25) is 0 Å². The monoisotopic (exact) mass is 296 g/mol. The lowest BCUT2D eigenvalue weighted by atomic mass is 10.3. The summed E-state index contributed by atoms with van der Waals surface area (Å²) in [6.07, 6.45) is 0. The first-order chi connectivity index (χ1) is 9.65. The second-order valence-corrected chi connectivity index (χ2v) is 7.15. The van der Waals surface area contributed by atoms with Crippen LogP contribution in [0.25, 0.3) is 0 Å². The van der Waals surface area contributed by atoms with E-state index in [4.69, 9.17) is 9.47 Å². The second-order valence-electron chi connectivity index (χ2n) is 5.44. The van der Waals surface area contributed by atoms with Crippen LogP contribution in [-0.2, 0) is 10.0 Å². The van der Waals surface area contributed by atoms with E-state index in [-0.39, 0.29) is 10.9 Å². The van der Waals surface area contributed by atoms with E-state index in [1.165, 1.54) is 6.07 Å². The van der Waals surface area contributed by atoms with Gasteiger partial charge in [-0.3, -0.25) is 0 Å². The summed E-state index contributed by atoms with van der Waals surface area (Å²) in [4.78, 5) is 0.236. The van der Waals surface area contributed by atoms with Crippen LogP contribution in [0.3, 0.4) is 0 Å². The van der Waals surface area contributed by atoms with E-state index in [0.29, 0.717) is 36.5 Å². The molecule has 1 aliphatic carbocycles. The highest BCUT2D eigenvalue weighted by molar-refractivity contribution is 7.89. The molecule has 2 heterocycles. The molecular weight excluding hydrogens is 280 g/mol. The minimum atomic E-state index is -3.49. The zero-order valence-corrected chi connectivity index (χ0v) is 11.7. The van der Waals surface area contributed by atoms with Crippen molar-refractivity contribution in [2.24, 2.45) is 11.8 Å². The molecule has 0 aromatic heterocycles. The van der Waals surface area contributed by atoms with E-state index in [1.807, 2.05) is 0 Å². The summed E-state index contributed by atoms with van der Waals surface area (Å²) in [6, 6.07) is 4.83. The third-order valence-electron chi connectivity index (χ3n) is 4.21. The number of nitrogens with one attached hydrogen (secondary N) is 2. The van der Waals surface area contributed by atoms with Gasteiger partial charge in [-0.15, -0.1) is 0 Å². The van der Waals surface area contributed by atoms with Crippen LogP contribution < -0.4 is 19.5 Å². The van der Waals surface area contributed by atoms with E-state index >= 15 is 0 Å². The Hall–Kier alpha value is -1.31. The Kier molecular flexibility index (Phi) is 2.70. The van der Waals surface area contributed by atoms with Crippen molar-refractivity contribution in [1.82, 2.24) is 10.0 Å². The SMILES string of the molecule is O=S(=O)(NC1C2CNCC21)c1ccc2c(c1)OCCO2. The van der Waals surface area contributed by atoms with Crippen molar-refractivity contribution in [2.75, 3.05) is 26.3 Å². The molecule has 4 rings (SSSR count). The number of rotatable bonds is 3. The van der Waals surface area contributed by atoms with Gasteiger partial charge >= 0.3 is 0 Å². The molecule has 2 aliphatic heterocycles. The highest BCUT2D eigenvalue weighted by atomic mass is 32.2. The molecule has 3 aliphatic rings. The molecule has 108 valence electrons. The Morgan fingerprint density at radius 2 is 1.80 bits per heavy atom. The fourth-order valence-electron chi connectivity index (χ4n) is 3.03. The van der Waals surface area contributed by atoms with E-state index in [1.54, 1.807) is 12.1 Å². The van der Waals surface area contributed by atoms with E-state index in [2.05, 4.69) is 10.0 Å². The molecular formula is C13H16N2O4S. The smallest absolute Gasteiger partial charge is 0.240 e. The number of hydrogen-bond donors (Lipinski definition) is 2. The van der Waals surface area contributed by atoms with Crippen LogP contribution in [0, 0.1) is 11.8 Å². The number of ether oxygens (including phenoxy) is 2. The third kappa shape index (κ3) is 1.97. The van der Waals surface area contributed by atoms with Gasteiger partial charge < -0.3 is 14.8 Å². The molecule has 1 aromatic rings. The Morgan fingerprint density at radius 3 is 2.55 bits per heavy atom. The quantitative estimate of drug-likeness (QED) is 0.818. The summed E-state index contributed by atoms with van der Waals surface area (Å²) >= 11 is 0. The number of hydrogen-bond acceptors (Lipinski definition) is 5. The van der Waals surface area contributed by atoms with Crippen LogP contribution in [0.4, 0.5) is 0 Å². The van der Waals surface area contributed by atoms with Gasteiger partial charge in [0.15, 0.2) is 11.5 Å². The minimum Gasteiger partial charge on any atom is -0.486 e. The first kappa shape index (κ1) is 12.4. The van der Waals surface area contributed by atoms with Crippen molar-refractivity contribution in [1.29, 1.82) is 0 Å². The number of sulfonamides is 1. The summed E-state index contributed by atoms with van der Waals surface area (Å²) in [7, 11) is -3.49. The number of benzene rings is 1. The van der Waals surface area contributed by atoms with Crippen LogP contribution in [-0.4, -0.2) is 40.8 Å². The Morgan fingerprint density at radius 1 is 1.10 bits per heavy atom.